The van der Waals surface area contributed by atoms with E-state index >= 15 is 0 Å². The molecular weight excluding hydrogens is 253 g/mol. The van der Waals surface area contributed by atoms with E-state index in [-0.39, 0.29) is 22.2 Å². The molecular formula is C10H11F3N2OS. The van der Waals surface area contributed by atoms with Crippen LogP contribution < -0.4 is 11.1 Å². The monoisotopic (exact) mass is 264 g/mol. The van der Waals surface area contributed by atoms with Crippen LogP contribution in [-0.2, 0) is 11.0 Å². The summed E-state index contributed by atoms with van der Waals surface area (Å²) in [5.41, 5.74) is 4.55. The highest BCUT2D eigenvalue weighted by molar-refractivity contribution is 8.00. The van der Waals surface area contributed by atoms with Crippen LogP contribution in [0.3, 0.4) is 0 Å². The number of carbonyl (C=O) groups excluding carboxylic acids is 1. The van der Waals surface area contributed by atoms with E-state index in [9.17, 15) is 18.0 Å². The van der Waals surface area contributed by atoms with E-state index in [0.717, 1.165) is 17.8 Å². The molecule has 0 spiro atoms. The highest BCUT2D eigenvalue weighted by atomic mass is 32.2. The third-order valence-corrected chi connectivity index (χ3v) is 3.02. The Morgan fingerprint density at radius 1 is 1.47 bits per heavy atom. The molecule has 1 aromatic rings. The molecule has 0 bridgehead atoms. The van der Waals surface area contributed by atoms with Crippen molar-refractivity contribution in [3.8, 4) is 0 Å². The average Bonchev–Trinajstić information content (AvgIpc) is 2.25. The first-order chi connectivity index (χ1) is 7.84. The molecule has 0 atom stereocenters. The van der Waals surface area contributed by atoms with Gasteiger partial charge >= 0.3 is 6.18 Å². The van der Waals surface area contributed by atoms with Crippen molar-refractivity contribution in [2.24, 2.45) is 0 Å². The first kappa shape index (κ1) is 13.7. The van der Waals surface area contributed by atoms with Crippen molar-refractivity contribution in [2.75, 3.05) is 18.5 Å². The lowest BCUT2D eigenvalue weighted by Gasteiger charge is -2.12. The largest absolute Gasteiger partial charge is 0.417 e. The molecule has 0 aliphatic carbocycles. The first-order valence-electron chi connectivity index (χ1n) is 4.64. The molecule has 1 amide bonds. The molecule has 0 saturated heterocycles. The summed E-state index contributed by atoms with van der Waals surface area (Å²) in [5, 5.41) is 2.34. The molecule has 0 unspecified atom stereocenters. The second-order valence-electron chi connectivity index (χ2n) is 3.22. The Bertz CT molecular complexity index is 421. The summed E-state index contributed by atoms with van der Waals surface area (Å²) >= 11 is 0.828. The van der Waals surface area contributed by atoms with Gasteiger partial charge in [-0.2, -0.15) is 13.2 Å². The normalized spacial score (nSPS) is 11.3. The van der Waals surface area contributed by atoms with Gasteiger partial charge in [0.25, 0.3) is 0 Å². The lowest BCUT2D eigenvalue weighted by atomic mass is 10.2. The van der Waals surface area contributed by atoms with Crippen molar-refractivity contribution in [3.05, 3.63) is 23.8 Å². The fourth-order valence-corrected chi connectivity index (χ4v) is 2.04. The van der Waals surface area contributed by atoms with E-state index in [1.807, 2.05) is 0 Å². The molecule has 7 heteroatoms. The van der Waals surface area contributed by atoms with Crippen LogP contribution in [-0.4, -0.2) is 18.7 Å². The highest BCUT2D eigenvalue weighted by Crippen LogP contribution is 2.37. The molecule has 0 aromatic heterocycles. The maximum Gasteiger partial charge on any atom is 0.417 e. The van der Waals surface area contributed by atoms with Crippen LogP contribution in [0.15, 0.2) is 23.1 Å². The van der Waals surface area contributed by atoms with Crippen molar-refractivity contribution >= 4 is 23.4 Å². The van der Waals surface area contributed by atoms with Crippen LogP contribution in [0.5, 0.6) is 0 Å². The molecule has 1 rings (SSSR count). The van der Waals surface area contributed by atoms with E-state index in [1.54, 1.807) is 0 Å². The summed E-state index contributed by atoms with van der Waals surface area (Å²) < 4.78 is 38.0. The molecule has 0 aliphatic rings. The number of nitrogens with two attached hydrogens (primary N) is 1. The van der Waals surface area contributed by atoms with Gasteiger partial charge in [0.15, 0.2) is 0 Å². The summed E-state index contributed by atoms with van der Waals surface area (Å²) in [4.78, 5) is 11.0. The number of nitrogen functional groups attached to an aromatic ring is 1. The Kier molecular flexibility index (Phi) is 4.28. The van der Waals surface area contributed by atoms with Gasteiger partial charge < -0.3 is 11.1 Å². The first-order valence-corrected chi connectivity index (χ1v) is 5.63. The lowest BCUT2D eigenvalue weighted by molar-refractivity contribution is -0.139. The number of benzene rings is 1. The number of nitrogens with one attached hydrogen (secondary N) is 1. The summed E-state index contributed by atoms with van der Waals surface area (Å²) in [6, 6.07) is 3.51. The van der Waals surface area contributed by atoms with Crippen LogP contribution in [0.1, 0.15) is 5.56 Å². The summed E-state index contributed by atoms with van der Waals surface area (Å²) in [6.07, 6.45) is -4.47. The number of anilines is 1. The van der Waals surface area contributed by atoms with Crippen LogP contribution in [0.4, 0.5) is 18.9 Å². The van der Waals surface area contributed by atoms with E-state index in [0.29, 0.717) is 0 Å². The predicted octanol–water partition coefficient (Wildman–Crippen LogP) is 2.13. The third kappa shape index (κ3) is 3.85. The number of rotatable bonds is 3. The minimum Gasteiger partial charge on any atom is -0.399 e. The maximum absolute atomic E-state index is 12.7. The van der Waals surface area contributed by atoms with Crippen molar-refractivity contribution in [2.45, 2.75) is 11.1 Å². The predicted molar refractivity (Wildman–Crippen MR) is 60.6 cm³/mol. The van der Waals surface area contributed by atoms with Crippen LogP contribution in [0.2, 0.25) is 0 Å². The molecule has 0 heterocycles. The van der Waals surface area contributed by atoms with E-state index in [1.165, 1.54) is 19.2 Å². The van der Waals surface area contributed by atoms with Gasteiger partial charge in [-0.15, -0.1) is 11.8 Å². The quantitative estimate of drug-likeness (QED) is 0.649. The third-order valence-electron chi connectivity index (χ3n) is 1.95. The Morgan fingerprint density at radius 2 is 2.12 bits per heavy atom. The van der Waals surface area contributed by atoms with Gasteiger partial charge in [0, 0.05) is 17.6 Å². The average molecular weight is 264 g/mol. The molecule has 17 heavy (non-hydrogen) atoms. The highest BCUT2D eigenvalue weighted by Gasteiger charge is 2.33. The topological polar surface area (TPSA) is 55.1 Å². The fraction of sp³-hybridized carbons (Fsp3) is 0.300. The standard InChI is InChI=1S/C10H11F3N2OS/c1-15-9(16)5-17-8-3-2-6(14)4-7(8)10(11,12)13/h2-4H,5,14H2,1H3,(H,15,16). The van der Waals surface area contributed by atoms with Gasteiger partial charge in [-0.05, 0) is 18.2 Å². The lowest BCUT2D eigenvalue weighted by Crippen LogP contribution is -2.20. The van der Waals surface area contributed by atoms with Crippen molar-refractivity contribution < 1.29 is 18.0 Å². The Labute approximate surface area is 101 Å². The van der Waals surface area contributed by atoms with Crippen molar-refractivity contribution in [3.63, 3.8) is 0 Å². The van der Waals surface area contributed by atoms with Gasteiger partial charge in [0.05, 0.1) is 11.3 Å². The molecule has 0 aliphatic heterocycles. The molecule has 0 fully saturated rings. The molecule has 94 valence electrons. The zero-order chi connectivity index (χ0) is 13.1. The SMILES string of the molecule is CNC(=O)CSc1ccc(N)cc1C(F)(F)F. The molecule has 1 aromatic carbocycles. The molecule has 3 nitrogen and oxygen atoms in total. The summed E-state index contributed by atoms with van der Waals surface area (Å²) in [5.74, 6) is -0.399. The number of halogens is 3. The fourth-order valence-electron chi connectivity index (χ4n) is 1.11. The number of alkyl halides is 3. The molecule has 0 radical (unpaired) electrons. The summed E-state index contributed by atoms with van der Waals surface area (Å²) in [7, 11) is 1.43. The van der Waals surface area contributed by atoms with Gasteiger partial charge in [-0.3, -0.25) is 4.79 Å². The Morgan fingerprint density at radius 3 is 2.65 bits per heavy atom. The smallest absolute Gasteiger partial charge is 0.399 e. The molecule has 3 N–H and O–H groups in total. The van der Waals surface area contributed by atoms with Gasteiger partial charge in [-0.25, -0.2) is 0 Å². The number of hydrogen-bond acceptors (Lipinski definition) is 3. The van der Waals surface area contributed by atoms with Crippen LogP contribution in [0.25, 0.3) is 0 Å². The zero-order valence-electron chi connectivity index (χ0n) is 8.97. The van der Waals surface area contributed by atoms with E-state index in [2.05, 4.69) is 5.32 Å². The van der Waals surface area contributed by atoms with E-state index < -0.39 is 11.7 Å². The maximum atomic E-state index is 12.7. The second kappa shape index (κ2) is 5.31. The second-order valence-corrected chi connectivity index (χ2v) is 4.23. The van der Waals surface area contributed by atoms with Crippen LogP contribution >= 0.6 is 11.8 Å². The summed E-state index contributed by atoms with van der Waals surface area (Å²) in [6.45, 7) is 0. The van der Waals surface area contributed by atoms with Gasteiger partial charge in [-0.1, -0.05) is 0 Å². The van der Waals surface area contributed by atoms with Gasteiger partial charge in [0.1, 0.15) is 0 Å². The Hall–Kier alpha value is -1.37. The zero-order valence-corrected chi connectivity index (χ0v) is 9.78. The minimum atomic E-state index is -4.47. The van der Waals surface area contributed by atoms with Crippen molar-refractivity contribution in [1.29, 1.82) is 0 Å². The van der Waals surface area contributed by atoms with Crippen LogP contribution in [0, 0.1) is 0 Å². The van der Waals surface area contributed by atoms with Gasteiger partial charge in [0.2, 0.25) is 5.91 Å². The van der Waals surface area contributed by atoms with Crippen molar-refractivity contribution in [1.82, 2.24) is 5.32 Å². The number of amides is 1. The minimum absolute atomic E-state index is 0.00435. The number of thioether (sulfide) groups is 1. The Balaban J connectivity index is 2.95. The number of hydrogen-bond donors (Lipinski definition) is 2. The molecule has 0 saturated carbocycles. The van der Waals surface area contributed by atoms with E-state index in [4.69, 9.17) is 5.73 Å². The number of carbonyl (C=O) groups is 1.